The first-order valence-electron chi connectivity index (χ1n) is 9.54. The normalized spacial score (nSPS) is 10.8. The molecule has 0 fully saturated rings. The number of nitrogens with zero attached hydrogens (tertiary/aromatic N) is 3. The molecule has 0 saturated carbocycles. The quantitative estimate of drug-likeness (QED) is 0.515. The Morgan fingerprint density at radius 1 is 0.967 bits per heavy atom. The van der Waals surface area contributed by atoms with Crippen molar-refractivity contribution in [1.82, 2.24) is 14.5 Å². The molecule has 1 amide bonds. The van der Waals surface area contributed by atoms with Crippen LogP contribution >= 0.6 is 0 Å². The number of aromatic nitrogens is 3. The van der Waals surface area contributed by atoms with E-state index in [9.17, 15) is 9.18 Å². The predicted molar refractivity (Wildman–Crippen MR) is 116 cm³/mol. The van der Waals surface area contributed by atoms with Gasteiger partial charge < -0.3 is 9.88 Å². The standard InChI is InChI=1S/C24H21FN4O/c1-15-7-8-16(2)21(9-15)28-24(30)22-11-18(14-29(22)3)19-12-26-23(27-13-19)17-5-4-6-20(25)10-17/h4-14H,1-3H3,(H,28,30). The van der Waals surface area contributed by atoms with E-state index in [-0.39, 0.29) is 11.7 Å². The zero-order valence-corrected chi connectivity index (χ0v) is 17.0. The molecule has 2 heterocycles. The number of anilines is 1. The van der Waals surface area contributed by atoms with E-state index in [1.807, 2.05) is 45.3 Å². The molecular weight excluding hydrogens is 379 g/mol. The number of nitrogens with one attached hydrogen (secondary N) is 1. The summed E-state index contributed by atoms with van der Waals surface area (Å²) in [6.45, 7) is 3.95. The van der Waals surface area contributed by atoms with Crippen molar-refractivity contribution in [3.8, 4) is 22.5 Å². The maximum atomic E-state index is 13.4. The largest absolute Gasteiger partial charge is 0.346 e. The van der Waals surface area contributed by atoms with Crippen LogP contribution in [0.1, 0.15) is 21.6 Å². The van der Waals surface area contributed by atoms with Crippen molar-refractivity contribution in [2.24, 2.45) is 7.05 Å². The average molecular weight is 400 g/mol. The second-order valence-corrected chi connectivity index (χ2v) is 7.30. The van der Waals surface area contributed by atoms with Gasteiger partial charge in [0.1, 0.15) is 11.5 Å². The Morgan fingerprint density at radius 3 is 2.47 bits per heavy atom. The molecule has 0 saturated heterocycles. The molecule has 0 unspecified atom stereocenters. The topological polar surface area (TPSA) is 59.8 Å². The molecule has 2 aromatic heterocycles. The molecule has 0 radical (unpaired) electrons. The van der Waals surface area contributed by atoms with Crippen LogP contribution in [0.5, 0.6) is 0 Å². The molecule has 2 aromatic carbocycles. The number of carbonyl (C=O) groups is 1. The van der Waals surface area contributed by atoms with Gasteiger partial charge in [-0.2, -0.15) is 0 Å². The Labute approximate surface area is 174 Å². The highest BCUT2D eigenvalue weighted by Gasteiger charge is 2.15. The number of hydrogen-bond donors (Lipinski definition) is 1. The summed E-state index contributed by atoms with van der Waals surface area (Å²) in [6.07, 6.45) is 5.21. The van der Waals surface area contributed by atoms with Crippen LogP contribution in [0.25, 0.3) is 22.5 Å². The number of hydrogen-bond acceptors (Lipinski definition) is 3. The molecule has 0 bridgehead atoms. The van der Waals surface area contributed by atoms with E-state index in [1.54, 1.807) is 35.2 Å². The Balaban J connectivity index is 1.57. The number of amides is 1. The van der Waals surface area contributed by atoms with Crippen molar-refractivity contribution in [2.75, 3.05) is 5.32 Å². The Bertz CT molecular complexity index is 1230. The van der Waals surface area contributed by atoms with Gasteiger partial charge in [0.05, 0.1) is 0 Å². The van der Waals surface area contributed by atoms with Gasteiger partial charge in [-0.1, -0.05) is 24.3 Å². The monoisotopic (exact) mass is 400 g/mol. The minimum absolute atomic E-state index is 0.185. The molecule has 0 aliphatic carbocycles. The first-order valence-corrected chi connectivity index (χ1v) is 9.54. The van der Waals surface area contributed by atoms with E-state index < -0.39 is 0 Å². The van der Waals surface area contributed by atoms with E-state index in [2.05, 4.69) is 15.3 Å². The van der Waals surface area contributed by atoms with E-state index in [1.165, 1.54) is 12.1 Å². The fourth-order valence-electron chi connectivity index (χ4n) is 3.26. The molecule has 1 N–H and O–H groups in total. The second-order valence-electron chi connectivity index (χ2n) is 7.30. The van der Waals surface area contributed by atoms with Gasteiger partial charge in [-0.15, -0.1) is 0 Å². The summed E-state index contributed by atoms with van der Waals surface area (Å²) in [6, 6.07) is 13.9. The van der Waals surface area contributed by atoms with E-state index in [0.717, 1.165) is 27.9 Å². The van der Waals surface area contributed by atoms with E-state index >= 15 is 0 Å². The third-order valence-corrected chi connectivity index (χ3v) is 4.95. The van der Waals surface area contributed by atoms with Crippen LogP contribution in [0.3, 0.4) is 0 Å². The Morgan fingerprint density at radius 2 is 1.73 bits per heavy atom. The van der Waals surface area contributed by atoms with Crippen molar-refractivity contribution >= 4 is 11.6 Å². The third kappa shape index (κ3) is 3.98. The molecular formula is C24H21FN4O. The molecule has 150 valence electrons. The summed E-state index contributed by atoms with van der Waals surface area (Å²) in [7, 11) is 1.82. The lowest BCUT2D eigenvalue weighted by Crippen LogP contribution is -2.16. The number of rotatable bonds is 4. The minimum atomic E-state index is -0.331. The number of benzene rings is 2. The summed E-state index contributed by atoms with van der Waals surface area (Å²) in [5.41, 5.74) is 5.63. The van der Waals surface area contributed by atoms with Gasteiger partial charge >= 0.3 is 0 Å². The zero-order valence-electron chi connectivity index (χ0n) is 17.0. The molecule has 0 aliphatic rings. The third-order valence-electron chi connectivity index (χ3n) is 4.95. The number of carbonyl (C=O) groups excluding carboxylic acids is 1. The van der Waals surface area contributed by atoms with Gasteiger partial charge in [0.25, 0.3) is 5.91 Å². The van der Waals surface area contributed by atoms with Gasteiger partial charge in [-0.05, 0) is 49.2 Å². The van der Waals surface area contributed by atoms with Gasteiger partial charge in [0.15, 0.2) is 5.82 Å². The molecule has 4 rings (SSSR count). The van der Waals surface area contributed by atoms with Crippen LogP contribution < -0.4 is 5.32 Å². The highest BCUT2D eigenvalue weighted by molar-refractivity contribution is 6.04. The molecule has 0 aliphatic heterocycles. The van der Waals surface area contributed by atoms with Crippen LogP contribution in [0.2, 0.25) is 0 Å². The molecule has 5 nitrogen and oxygen atoms in total. The first-order chi connectivity index (χ1) is 14.4. The first kappa shape index (κ1) is 19.5. The number of aryl methyl sites for hydroxylation is 3. The zero-order chi connectivity index (χ0) is 21.3. The van der Waals surface area contributed by atoms with Crippen molar-refractivity contribution in [2.45, 2.75) is 13.8 Å². The number of halogens is 1. The SMILES string of the molecule is Cc1ccc(C)c(NC(=O)c2cc(-c3cnc(-c4cccc(F)c4)nc3)cn2C)c1. The maximum Gasteiger partial charge on any atom is 0.272 e. The summed E-state index contributed by atoms with van der Waals surface area (Å²) in [5.74, 6) is -0.0699. The van der Waals surface area contributed by atoms with Crippen LogP contribution in [-0.4, -0.2) is 20.4 Å². The average Bonchev–Trinajstić information content (AvgIpc) is 3.12. The summed E-state index contributed by atoms with van der Waals surface area (Å²) >= 11 is 0. The van der Waals surface area contributed by atoms with Crippen LogP contribution in [0.15, 0.2) is 67.1 Å². The van der Waals surface area contributed by atoms with Crippen LogP contribution in [0.4, 0.5) is 10.1 Å². The highest BCUT2D eigenvalue weighted by atomic mass is 19.1. The van der Waals surface area contributed by atoms with Gasteiger partial charge in [-0.3, -0.25) is 4.79 Å². The summed E-state index contributed by atoms with van der Waals surface area (Å²) < 4.78 is 15.2. The molecule has 30 heavy (non-hydrogen) atoms. The lowest BCUT2D eigenvalue weighted by atomic mass is 10.1. The Kier molecular flexibility index (Phi) is 5.14. The van der Waals surface area contributed by atoms with Crippen LogP contribution in [0, 0.1) is 19.7 Å². The van der Waals surface area contributed by atoms with Crippen molar-refractivity contribution < 1.29 is 9.18 Å². The lowest BCUT2D eigenvalue weighted by Gasteiger charge is -2.09. The summed E-state index contributed by atoms with van der Waals surface area (Å²) in [4.78, 5) is 21.5. The maximum absolute atomic E-state index is 13.4. The molecule has 0 atom stereocenters. The molecule has 4 aromatic rings. The van der Waals surface area contributed by atoms with Crippen molar-refractivity contribution in [3.63, 3.8) is 0 Å². The van der Waals surface area contributed by atoms with Crippen LogP contribution in [-0.2, 0) is 7.05 Å². The highest BCUT2D eigenvalue weighted by Crippen LogP contribution is 2.24. The van der Waals surface area contributed by atoms with E-state index in [4.69, 9.17) is 0 Å². The van der Waals surface area contributed by atoms with Gasteiger partial charge in [0.2, 0.25) is 0 Å². The van der Waals surface area contributed by atoms with Gasteiger partial charge in [0, 0.05) is 48.0 Å². The second kappa shape index (κ2) is 7.91. The van der Waals surface area contributed by atoms with Crippen molar-refractivity contribution in [1.29, 1.82) is 0 Å². The van der Waals surface area contributed by atoms with Gasteiger partial charge in [-0.25, -0.2) is 14.4 Å². The minimum Gasteiger partial charge on any atom is -0.346 e. The fourth-order valence-corrected chi connectivity index (χ4v) is 3.26. The smallest absolute Gasteiger partial charge is 0.272 e. The van der Waals surface area contributed by atoms with Crippen molar-refractivity contribution in [3.05, 3.63) is 89.8 Å². The fraction of sp³-hybridized carbons (Fsp3) is 0.125. The van der Waals surface area contributed by atoms with E-state index in [0.29, 0.717) is 17.1 Å². The summed E-state index contributed by atoms with van der Waals surface area (Å²) in [5, 5.41) is 2.98. The molecule has 0 spiro atoms. The predicted octanol–water partition coefficient (Wildman–Crippen LogP) is 5.16. The molecule has 6 heteroatoms. The Hall–Kier alpha value is -3.80. The lowest BCUT2D eigenvalue weighted by molar-refractivity contribution is 0.101.